The molecule has 15 heavy (non-hydrogen) atoms. The van der Waals surface area contributed by atoms with Crippen LogP contribution in [-0.4, -0.2) is 14.5 Å². The van der Waals surface area contributed by atoms with E-state index in [1.54, 1.807) is 22.9 Å². The van der Waals surface area contributed by atoms with Gasteiger partial charge in [-0.3, -0.25) is 9.36 Å². The van der Waals surface area contributed by atoms with Crippen molar-refractivity contribution in [2.24, 2.45) is 0 Å². The van der Waals surface area contributed by atoms with Gasteiger partial charge in [0.25, 0.3) is 5.56 Å². The molecule has 0 N–H and O–H groups in total. The minimum absolute atomic E-state index is 0.00227. The predicted molar refractivity (Wildman–Crippen MR) is 58.8 cm³/mol. The van der Waals surface area contributed by atoms with Crippen molar-refractivity contribution in [3.63, 3.8) is 0 Å². The highest BCUT2D eigenvalue weighted by Crippen LogP contribution is 2.08. The molecule has 0 radical (unpaired) electrons. The second kappa shape index (κ2) is 3.81. The van der Waals surface area contributed by atoms with Crippen LogP contribution in [0.1, 0.15) is 19.2 Å². The summed E-state index contributed by atoms with van der Waals surface area (Å²) in [5.41, 5.74) is 0.735. The van der Waals surface area contributed by atoms with Gasteiger partial charge in [0.2, 0.25) is 0 Å². The Bertz CT molecular complexity index is 545. The van der Waals surface area contributed by atoms with Crippen LogP contribution in [0.5, 0.6) is 0 Å². The van der Waals surface area contributed by atoms with E-state index in [2.05, 4.69) is 9.97 Å². The van der Waals surface area contributed by atoms with E-state index >= 15 is 0 Å². The molecular formula is C11H13N3O. The second-order valence-electron chi connectivity index (χ2n) is 3.52. The first-order chi connectivity index (χ1) is 7.22. The van der Waals surface area contributed by atoms with Crippen LogP contribution in [0.15, 0.2) is 23.1 Å². The molecule has 0 spiro atoms. The Morgan fingerprint density at radius 1 is 1.40 bits per heavy atom. The number of fused-ring (bicyclic) bond motifs is 1. The lowest BCUT2D eigenvalue weighted by Gasteiger charge is -2.07. The summed E-state index contributed by atoms with van der Waals surface area (Å²) in [5, 5.41) is 0.911. The summed E-state index contributed by atoms with van der Waals surface area (Å²) < 4.78 is 1.70. The van der Waals surface area contributed by atoms with E-state index in [9.17, 15) is 4.79 Å². The van der Waals surface area contributed by atoms with Crippen molar-refractivity contribution in [3.8, 4) is 0 Å². The van der Waals surface area contributed by atoms with Crippen LogP contribution in [0, 0.1) is 6.92 Å². The van der Waals surface area contributed by atoms with Crippen molar-refractivity contribution in [1.82, 2.24) is 14.5 Å². The Morgan fingerprint density at radius 3 is 2.93 bits per heavy atom. The van der Waals surface area contributed by atoms with Gasteiger partial charge in [0, 0.05) is 24.2 Å². The predicted octanol–water partition coefficient (Wildman–Crippen LogP) is 1.51. The third-order valence-corrected chi connectivity index (χ3v) is 2.29. The van der Waals surface area contributed by atoms with Gasteiger partial charge in [-0.15, -0.1) is 0 Å². The third kappa shape index (κ3) is 1.75. The van der Waals surface area contributed by atoms with Crippen molar-refractivity contribution in [2.75, 3.05) is 0 Å². The van der Waals surface area contributed by atoms with Gasteiger partial charge in [0.05, 0.1) is 0 Å². The molecule has 0 aromatic carbocycles. The zero-order valence-electron chi connectivity index (χ0n) is 8.90. The molecule has 0 fully saturated rings. The molecule has 0 unspecified atom stereocenters. The molecule has 0 aliphatic carbocycles. The minimum atomic E-state index is 0.00227. The van der Waals surface area contributed by atoms with Gasteiger partial charge in [-0.2, -0.15) is 0 Å². The fraction of sp³-hybridized carbons (Fsp3) is 0.364. The summed E-state index contributed by atoms with van der Waals surface area (Å²) in [6.07, 6.45) is 2.67. The number of aromatic nitrogens is 3. The lowest BCUT2D eigenvalue weighted by molar-refractivity contribution is 0.670. The molecule has 0 aliphatic rings. The Hall–Kier alpha value is -1.71. The molecule has 2 aromatic rings. The first-order valence-electron chi connectivity index (χ1n) is 5.05. The van der Waals surface area contributed by atoms with E-state index in [0.29, 0.717) is 12.4 Å². The molecule has 2 rings (SSSR count). The fourth-order valence-corrected chi connectivity index (χ4v) is 1.60. The highest BCUT2D eigenvalue weighted by molar-refractivity contribution is 5.73. The molecule has 0 saturated carbocycles. The van der Waals surface area contributed by atoms with Gasteiger partial charge in [0.1, 0.15) is 11.5 Å². The average molecular weight is 203 g/mol. The summed E-state index contributed by atoms with van der Waals surface area (Å²) in [5.74, 6) is 0.693. The minimum Gasteiger partial charge on any atom is -0.293 e. The summed E-state index contributed by atoms with van der Waals surface area (Å²) in [6, 6.07) is 3.33. The Kier molecular flexibility index (Phi) is 2.49. The van der Waals surface area contributed by atoms with Crippen LogP contribution in [0.25, 0.3) is 11.0 Å². The van der Waals surface area contributed by atoms with Crippen molar-refractivity contribution >= 4 is 11.0 Å². The lowest BCUT2D eigenvalue weighted by Crippen LogP contribution is -2.20. The topological polar surface area (TPSA) is 47.8 Å². The largest absolute Gasteiger partial charge is 0.293 e. The number of rotatable bonds is 2. The molecular weight excluding hydrogens is 190 g/mol. The maximum Gasteiger partial charge on any atom is 0.252 e. The molecule has 0 bridgehead atoms. The molecule has 0 amide bonds. The van der Waals surface area contributed by atoms with Crippen molar-refractivity contribution < 1.29 is 0 Å². The Morgan fingerprint density at radius 2 is 2.20 bits per heavy atom. The molecule has 0 aliphatic heterocycles. The molecule has 0 atom stereocenters. The Labute approximate surface area is 87.6 Å². The van der Waals surface area contributed by atoms with Crippen molar-refractivity contribution in [3.05, 3.63) is 34.5 Å². The summed E-state index contributed by atoms with van der Waals surface area (Å²) >= 11 is 0. The zero-order chi connectivity index (χ0) is 10.8. The van der Waals surface area contributed by atoms with Crippen LogP contribution >= 0.6 is 0 Å². The quantitative estimate of drug-likeness (QED) is 0.743. The number of hydrogen-bond acceptors (Lipinski definition) is 3. The van der Waals surface area contributed by atoms with E-state index in [0.717, 1.165) is 17.5 Å². The number of pyridine rings is 1. The highest BCUT2D eigenvalue weighted by Gasteiger charge is 2.03. The maximum atomic E-state index is 11.6. The third-order valence-electron chi connectivity index (χ3n) is 2.29. The van der Waals surface area contributed by atoms with Crippen LogP contribution < -0.4 is 5.56 Å². The highest BCUT2D eigenvalue weighted by atomic mass is 16.1. The van der Waals surface area contributed by atoms with Gasteiger partial charge in [0.15, 0.2) is 0 Å². The van der Waals surface area contributed by atoms with E-state index in [-0.39, 0.29) is 5.56 Å². The molecule has 2 heterocycles. The van der Waals surface area contributed by atoms with Crippen LogP contribution in [0.3, 0.4) is 0 Å². The number of nitrogens with zero attached hydrogens (tertiary/aromatic N) is 3. The lowest BCUT2D eigenvalue weighted by atomic mass is 10.3. The molecule has 2 aromatic heterocycles. The molecule has 0 saturated heterocycles. The van der Waals surface area contributed by atoms with E-state index in [1.165, 1.54) is 0 Å². The molecule has 78 valence electrons. The number of hydrogen-bond donors (Lipinski definition) is 0. The van der Waals surface area contributed by atoms with Crippen LogP contribution in [-0.2, 0) is 6.54 Å². The summed E-state index contributed by atoms with van der Waals surface area (Å²) in [7, 11) is 0. The maximum absolute atomic E-state index is 11.6. The first-order valence-corrected chi connectivity index (χ1v) is 5.05. The van der Waals surface area contributed by atoms with Gasteiger partial charge in [-0.25, -0.2) is 9.97 Å². The first kappa shape index (κ1) is 9.83. The monoisotopic (exact) mass is 203 g/mol. The van der Waals surface area contributed by atoms with E-state index in [1.807, 2.05) is 13.8 Å². The fourth-order valence-electron chi connectivity index (χ4n) is 1.60. The van der Waals surface area contributed by atoms with Crippen molar-refractivity contribution in [2.45, 2.75) is 26.8 Å². The van der Waals surface area contributed by atoms with Crippen LogP contribution in [0.2, 0.25) is 0 Å². The number of aryl methyl sites for hydroxylation is 2. The second-order valence-corrected chi connectivity index (χ2v) is 3.52. The normalized spacial score (nSPS) is 10.8. The van der Waals surface area contributed by atoms with Gasteiger partial charge in [-0.1, -0.05) is 6.92 Å². The van der Waals surface area contributed by atoms with E-state index in [4.69, 9.17) is 0 Å². The molecule has 4 nitrogen and oxygen atoms in total. The zero-order valence-corrected chi connectivity index (χ0v) is 8.90. The van der Waals surface area contributed by atoms with Gasteiger partial charge >= 0.3 is 0 Å². The SMILES string of the molecule is CCCn1c(=O)ccc2cnc(C)nc21. The van der Waals surface area contributed by atoms with Crippen molar-refractivity contribution in [1.29, 1.82) is 0 Å². The molecule has 4 heteroatoms. The van der Waals surface area contributed by atoms with Gasteiger partial charge < -0.3 is 0 Å². The average Bonchev–Trinajstić information content (AvgIpc) is 2.23. The summed E-state index contributed by atoms with van der Waals surface area (Å²) in [6.45, 7) is 4.57. The smallest absolute Gasteiger partial charge is 0.252 e. The van der Waals surface area contributed by atoms with Gasteiger partial charge in [-0.05, 0) is 19.4 Å². The van der Waals surface area contributed by atoms with E-state index < -0.39 is 0 Å². The standard InChI is InChI=1S/C11H13N3O/c1-3-6-14-10(15)5-4-9-7-12-8(2)13-11(9)14/h4-5,7H,3,6H2,1-2H3. The summed E-state index contributed by atoms with van der Waals surface area (Å²) in [4.78, 5) is 20.1. The van der Waals surface area contributed by atoms with Crippen LogP contribution in [0.4, 0.5) is 0 Å². The Balaban J connectivity index is 2.78.